The van der Waals surface area contributed by atoms with Crippen molar-refractivity contribution in [3.8, 4) is 67.3 Å². The number of benzene rings is 6. The van der Waals surface area contributed by atoms with E-state index in [2.05, 4.69) is 41.5 Å². The van der Waals surface area contributed by atoms with Crippen LogP contribution in [0.25, 0.3) is 67.3 Å². The van der Waals surface area contributed by atoms with Crippen molar-refractivity contribution in [3.05, 3.63) is 181 Å². The highest BCUT2D eigenvalue weighted by molar-refractivity contribution is 5.98. The van der Waals surface area contributed by atoms with Crippen molar-refractivity contribution >= 4 is 0 Å². The summed E-state index contributed by atoms with van der Waals surface area (Å²) in [7, 11) is 0. The van der Waals surface area contributed by atoms with Crippen LogP contribution in [0.2, 0.25) is 0 Å². The van der Waals surface area contributed by atoms with Gasteiger partial charge in [-0.15, -0.1) is 0 Å². The zero-order chi connectivity index (χ0) is 35.0. The topological polar surface area (TPSA) is 35.6 Å². The van der Waals surface area contributed by atoms with Crippen LogP contribution in [0.4, 0.5) is 13.2 Å². The third-order valence-electron chi connectivity index (χ3n) is 8.96. The number of aromatic nitrogens is 4. The molecule has 248 valence electrons. The van der Waals surface area contributed by atoms with Crippen LogP contribution in [0, 0.1) is 6.92 Å². The van der Waals surface area contributed by atoms with Crippen molar-refractivity contribution in [2.75, 3.05) is 0 Å². The molecule has 2 aromatic heterocycles. The summed E-state index contributed by atoms with van der Waals surface area (Å²) >= 11 is 0. The molecule has 4 nitrogen and oxygen atoms in total. The van der Waals surface area contributed by atoms with E-state index in [-0.39, 0.29) is 0 Å². The molecule has 0 amide bonds. The lowest BCUT2D eigenvalue weighted by atomic mass is 9.86. The van der Waals surface area contributed by atoms with Crippen molar-refractivity contribution in [1.29, 1.82) is 0 Å². The van der Waals surface area contributed by atoms with Crippen LogP contribution in [-0.4, -0.2) is 19.6 Å². The van der Waals surface area contributed by atoms with Gasteiger partial charge in [0.2, 0.25) is 0 Å². The van der Waals surface area contributed by atoms with Gasteiger partial charge in [-0.3, -0.25) is 0 Å². The molecule has 7 heteroatoms. The average molecular weight is 673 g/mol. The molecule has 0 aliphatic rings. The molecule has 0 radical (unpaired) electrons. The number of halogens is 3. The highest BCUT2D eigenvalue weighted by atomic mass is 19.4. The normalized spacial score (nSPS) is 11.5. The molecule has 0 fully saturated rings. The Labute approximate surface area is 293 Å². The van der Waals surface area contributed by atoms with E-state index >= 15 is 0 Å². The predicted octanol–water partition coefficient (Wildman–Crippen LogP) is 11.7. The Kier molecular flexibility index (Phi) is 8.16. The summed E-state index contributed by atoms with van der Waals surface area (Å²) in [6, 6.07) is 54.5. The first kappa shape index (κ1) is 31.8. The highest BCUT2D eigenvalue weighted by Gasteiger charge is 2.35. The van der Waals surface area contributed by atoms with Gasteiger partial charge in [0.15, 0.2) is 5.69 Å². The van der Waals surface area contributed by atoms with Crippen molar-refractivity contribution in [3.63, 3.8) is 0 Å². The lowest BCUT2D eigenvalue weighted by Crippen LogP contribution is -2.07. The molecule has 0 bridgehead atoms. The van der Waals surface area contributed by atoms with Crippen LogP contribution in [0.3, 0.4) is 0 Å². The summed E-state index contributed by atoms with van der Waals surface area (Å²) in [4.78, 5) is 0. The molecular formula is C44H31F3N4. The van der Waals surface area contributed by atoms with Crippen molar-refractivity contribution in [2.24, 2.45) is 0 Å². The van der Waals surface area contributed by atoms with Crippen molar-refractivity contribution in [1.82, 2.24) is 19.6 Å². The Morgan fingerprint density at radius 1 is 0.392 bits per heavy atom. The maximum Gasteiger partial charge on any atom is 0.435 e. The van der Waals surface area contributed by atoms with Gasteiger partial charge in [-0.1, -0.05) is 133 Å². The number of nitrogens with zero attached hydrogens (tertiary/aromatic N) is 4. The molecule has 2 heterocycles. The van der Waals surface area contributed by atoms with Gasteiger partial charge in [0, 0.05) is 11.1 Å². The molecule has 0 N–H and O–H groups in total. The fraction of sp³-hybridized carbons (Fsp3) is 0.0455. The van der Waals surface area contributed by atoms with E-state index in [1.165, 1.54) is 4.68 Å². The Morgan fingerprint density at radius 2 is 0.706 bits per heavy atom. The first-order valence-electron chi connectivity index (χ1n) is 16.6. The fourth-order valence-electron chi connectivity index (χ4n) is 6.72. The van der Waals surface area contributed by atoms with Crippen molar-refractivity contribution < 1.29 is 13.2 Å². The number of aryl methyl sites for hydroxylation is 1. The Hall–Kier alpha value is -6.47. The summed E-state index contributed by atoms with van der Waals surface area (Å²) in [5.74, 6) is 0. The number of hydrogen-bond acceptors (Lipinski definition) is 2. The van der Waals surface area contributed by atoms with Gasteiger partial charge in [-0.25, -0.2) is 9.36 Å². The summed E-state index contributed by atoms with van der Waals surface area (Å²) in [6.07, 6.45) is -4.61. The van der Waals surface area contributed by atoms with Crippen LogP contribution in [0.5, 0.6) is 0 Å². The molecule has 0 aliphatic heterocycles. The molecule has 8 rings (SSSR count). The first-order chi connectivity index (χ1) is 24.9. The van der Waals surface area contributed by atoms with Gasteiger partial charge in [0.1, 0.15) is 0 Å². The van der Waals surface area contributed by atoms with E-state index in [0.29, 0.717) is 16.9 Å². The van der Waals surface area contributed by atoms with Crippen LogP contribution in [0.1, 0.15) is 11.4 Å². The molecule has 0 saturated carbocycles. The quantitative estimate of drug-likeness (QED) is 0.169. The van der Waals surface area contributed by atoms with Crippen LogP contribution >= 0.6 is 0 Å². The zero-order valence-electron chi connectivity index (χ0n) is 27.6. The molecule has 0 saturated heterocycles. The number of rotatable bonds is 7. The van der Waals surface area contributed by atoms with Gasteiger partial charge in [0.05, 0.1) is 28.5 Å². The lowest BCUT2D eigenvalue weighted by molar-refractivity contribution is -0.141. The number of hydrogen-bond donors (Lipinski definition) is 0. The molecule has 8 aromatic rings. The fourth-order valence-corrected chi connectivity index (χ4v) is 6.72. The largest absolute Gasteiger partial charge is 0.435 e. The van der Waals surface area contributed by atoms with Gasteiger partial charge < -0.3 is 0 Å². The third-order valence-corrected chi connectivity index (χ3v) is 8.96. The third kappa shape index (κ3) is 6.04. The summed E-state index contributed by atoms with van der Waals surface area (Å²) in [6.45, 7) is 1.99. The van der Waals surface area contributed by atoms with Gasteiger partial charge in [-0.2, -0.15) is 23.4 Å². The van der Waals surface area contributed by atoms with Gasteiger partial charge >= 0.3 is 6.18 Å². The predicted molar refractivity (Wildman–Crippen MR) is 198 cm³/mol. The standard InChI is InChI=1S/C44H31F3N4/c1-30-28-41(50(48-30)31-16-4-2-5-17-31)39-26-14-12-24-37(39)35-22-10-8-20-33(35)34-21-9-11-23-36(34)38-25-13-15-27-40(38)42-29-43(44(45,46)47)49-51(42)32-18-6-3-7-19-32/h2-29H,1H3. The molecule has 51 heavy (non-hydrogen) atoms. The van der Waals surface area contributed by atoms with E-state index in [4.69, 9.17) is 5.10 Å². The van der Waals surface area contributed by atoms with Crippen molar-refractivity contribution in [2.45, 2.75) is 13.1 Å². The van der Waals surface area contributed by atoms with E-state index in [9.17, 15) is 13.2 Å². The highest BCUT2D eigenvalue weighted by Crippen LogP contribution is 2.44. The minimum atomic E-state index is -4.61. The van der Waals surface area contributed by atoms with Crippen LogP contribution in [-0.2, 0) is 6.18 Å². The maximum absolute atomic E-state index is 14.1. The smallest absolute Gasteiger partial charge is 0.233 e. The molecule has 0 atom stereocenters. The number of para-hydroxylation sites is 2. The Bertz CT molecular complexity index is 2480. The second-order valence-corrected chi connectivity index (χ2v) is 12.3. The zero-order valence-corrected chi connectivity index (χ0v) is 27.6. The van der Waals surface area contributed by atoms with Crippen LogP contribution in [0.15, 0.2) is 170 Å². The SMILES string of the molecule is Cc1cc(-c2ccccc2-c2ccccc2-c2ccccc2-c2ccccc2-c2cc(C(F)(F)F)nn2-c2ccccc2)n(-c2ccccc2)n1. The molecule has 0 spiro atoms. The molecule has 6 aromatic carbocycles. The first-order valence-corrected chi connectivity index (χ1v) is 16.6. The minimum absolute atomic E-state index is 0.349. The van der Waals surface area contributed by atoms with E-state index in [1.54, 1.807) is 24.3 Å². The summed E-state index contributed by atoms with van der Waals surface area (Å²) in [5, 5.41) is 8.90. The van der Waals surface area contributed by atoms with Gasteiger partial charge in [-0.05, 0) is 76.7 Å². The second kappa shape index (κ2) is 13.1. The maximum atomic E-state index is 14.1. The Morgan fingerprint density at radius 3 is 1.10 bits per heavy atom. The van der Waals surface area contributed by atoms with Crippen LogP contribution < -0.4 is 0 Å². The monoisotopic (exact) mass is 672 g/mol. The Balaban J connectivity index is 1.31. The number of alkyl halides is 3. The molecule has 0 unspecified atom stereocenters. The molecular weight excluding hydrogens is 642 g/mol. The average Bonchev–Trinajstić information content (AvgIpc) is 3.80. The minimum Gasteiger partial charge on any atom is -0.233 e. The molecule has 0 aliphatic carbocycles. The summed E-state index contributed by atoms with van der Waals surface area (Å²) < 4.78 is 45.7. The summed E-state index contributed by atoms with van der Waals surface area (Å²) in [5.41, 5.74) is 10.1. The van der Waals surface area contributed by atoms with E-state index in [1.807, 2.05) is 115 Å². The van der Waals surface area contributed by atoms with Gasteiger partial charge in [0.25, 0.3) is 0 Å². The van der Waals surface area contributed by atoms with E-state index < -0.39 is 11.9 Å². The lowest BCUT2D eigenvalue weighted by Gasteiger charge is -2.19. The second-order valence-electron chi connectivity index (χ2n) is 12.3. The van der Waals surface area contributed by atoms with E-state index in [0.717, 1.165) is 62.1 Å².